The van der Waals surface area contributed by atoms with Crippen LogP contribution in [0.3, 0.4) is 0 Å². The van der Waals surface area contributed by atoms with Gasteiger partial charge in [0.25, 0.3) is 0 Å². The third-order valence-electron chi connectivity index (χ3n) is 2.43. The second kappa shape index (κ2) is 3.05. The summed E-state index contributed by atoms with van der Waals surface area (Å²) in [6, 6.07) is 0.417. The smallest absolute Gasteiger partial charge is 0.236 e. The molecule has 0 radical (unpaired) electrons. The molecule has 0 aromatic heterocycles. The predicted octanol–water partition coefficient (Wildman–Crippen LogP) is 0.463. The fourth-order valence-electron chi connectivity index (χ4n) is 1.37. The molecule has 1 amide bonds. The van der Waals surface area contributed by atoms with Crippen LogP contribution in [0.2, 0.25) is 0 Å². The summed E-state index contributed by atoms with van der Waals surface area (Å²) in [7, 11) is 1.86. The van der Waals surface area contributed by atoms with Crippen LogP contribution in [0.5, 0.6) is 0 Å². The molecule has 0 aliphatic carbocycles. The monoisotopic (exact) mass is 170 g/mol. The highest BCUT2D eigenvalue weighted by Gasteiger charge is 2.30. The van der Waals surface area contributed by atoms with Gasteiger partial charge in [-0.3, -0.25) is 4.79 Å². The van der Waals surface area contributed by atoms with Crippen LogP contribution >= 0.6 is 0 Å². The zero-order valence-corrected chi connectivity index (χ0v) is 8.35. The van der Waals surface area contributed by atoms with E-state index in [2.05, 4.69) is 26.1 Å². The van der Waals surface area contributed by atoms with Crippen molar-refractivity contribution in [3.63, 3.8) is 0 Å². The number of hydrogen-bond donors (Lipinski definition) is 1. The van der Waals surface area contributed by atoms with Crippen LogP contribution in [-0.2, 0) is 4.79 Å². The Morgan fingerprint density at radius 2 is 2.08 bits per heavy atom. The van der Waals surface area contributed by atoms with Gasteiger partial charge in [-0.2, -0.15) is 0 Å². The number of piperazine rings is 1. The molecule has 3 heteroatoms. The lowest BCUT2D eigenvalue weighted by Gasteiger charge is -2.38. The van der Waals surface area contributed by atoms with Gasteiger partial charge < -0.3 is 10.2 Å². The second-order valence-electron chi connectivity index (χ2n) is 4.57. The molecule has 1 rings (SSSR count). The Kier molecular flexibility index (Phi) is 2.42. The molecule has 0 bridgehead atoms. The van der Waals surface area contributed by atoms with Crippen molar-refractivity contribution >= 4 is 5.91 Å². The van der Waals surface area contributed by atoms with E-state index in [0.29, 0.717) is 12.6 Å². The lowest BCUT2D eigenvalue weighted by atomic mass is 9.85. The Morgan fingerprint density at radius 3 is 2.50 bits per heavy atom. The van der Waals surface area contributed by atoms with Crippen LogP contribution in [0, 0.1) is 5.41 Å². The topological polar surface area (TPSA) is 32.3 Å². The first-order valence-electron chi connectivity index (χ1n) is 4.38. The van der Waals surface area contributed by atoms with Gasteiger partial charge in [0, 0.05) is 19.6 Å². The minimum Gasteiger partial charge on any atom is -0.343 e. The molecule has 1 atom stereocenters. The average molecular weight is 170 g/mol. The summed E-state index contributed by atoms with van der Waals surface area (Å²) < 4.78 is 0. The largest absolute Gasteiger partial charge is 0.343 e. The zero-order chi connectivity index (χ0) is 9.35. The van der Waals surface area contributed by atoms with E-state index in [1.807, 2.05) is 7.05 Å². The van der Waals surface area contributed by atoms with Crippen LogP contribution < -0.4 is 5.32 Å². The molecule has 12 heavy (non-hydrogen) atoms. The summed E-state index contributed by atoms with van der Waals surface area (Å²) in [4.78, 5) is 12.9. The molecule has 1 heterocycles. The summed E-state index contributed by atoms with van der Waals surface area (Å²) in [6.07, 6.45) is 0. The fourth-order valence-corrected chi connectivity index (χ4v) is 1.37. The molecule has 0 aromatic rings. The summed E-state index contributed by atoms with van der Waals surface area (Å²) in [5.74, 6) is 0.190. The maximum absolute atomic E-state index is 11.1. The van der Waals surface area contributed by atoms with Crippen LogP contribution in [0.4, 0.5) is 0 Å². The first kappa shape index (κ1) is 9.52. The lowest BCUT2D eigenvalue weighted by Crippen LogP contribution is -2.57. The van der Waals surface area contributed by atoms with Crippen molar-refractivity contribution in [2.24, 2.45) is 5.41 Å². The Morgan fingerprint density at radius 1 is 1.50 bits per heavy atom. The molecule has 1 saturated heterocycles. The molecule has 1 unspecified atom stereocenters. The van der Waals surface area contributed by atoms with Gasteiger partial charge in [-0.1, -0.05) is 20.8 Å². The van der Waals surface area contributed by atoms with E-state index in [0.717, 1.165) is 6.54 Å². The highest BCUT2D eigenvalue weighted by atomic mass is 16.2. The highest BCUT2D eigenvalue weighted by molar-refractivity contribution is 5.78. The maximum atomic E-state index is 11.1. The lowest BCUT2D eigenvalue weighted by molar-refractivity contribution is -0.132. The molecule has 1 fully saturated rings. The minimum absolute atomic E-state index is 0.190. The van der Waals surface area contributed by atoms with Crippen molar-refractivity contribution in [2.45, 2.75) is 26.8 Å². The molecule has 1 aliphatic heterocycles. The number of nitrogens with zero attached hydrogens (tertiary/aromatic N) is 1. The van der Waals surface area contributed by atoms with E-state index >= 15 is 0 Å². The van der Waals surface area contributed by atoms with Crippen molar-refractivity contribution in [2.75, 3.05) is 20.1 Å². The fraction of sp³-hybridized carbons (Fsp3) is 0.889. The standard InChI is InChI=1S/C9H18N2O/c1-9(2,3)7-6-11(4)8(12)5-10-7/h7,10H,5-6H2,1-4H3. The van der Waals surface area contributed by atoms with E-state index in [9.17, 15) is 4.79 Å². The second-order valence-corrected chi connectivity index (χ2v) is 4.57. The number of amides is 1. The van der Waals surface area contributed by atoms with Gasteiger partial charge in [-0.25, -0.2) is 0 Å². The number of hydrogen-bond acceptors (Lipinski definition) is 2. The molecule has 1 N–H and O–H groups in total. The molecule has 1 aliphatic rings. The van der Waals surface area contributed by atoms with Gasteiger partial charge >= 0.3 is 0 Å². The van der Waals surface area contributed by atoms with Crippen molar-refractivity contribution < 1.29 is 4.79 Å². The first-order chi connectivity index (χ1) is 5.41. The number of nitrogens with one attached hydrogen (secondary N) is 1. The minimum atomic E-state index is 0.190. The van der Waals surface area contributed by atoms with Gasteiger partial charge in [0.15, 0.2) is 0 Å². The number of carbonyl (C=O) groups is 1. The summed E-state index contributed by atoms with van der Waals surface area (Å²) in [5, 5.41) is 3.25. The zero-order valence-electron chi connectivity index (χ0n) is 8.35. The van der Waals surface area contributed by atoms with E-state index in [4.69, 9.17) is 0 Å². The van der Waals surface area contributed by atoms with Gasteiger partial charge in [0.05, 0.1) is 6.54 Å². The van der Waals surface area contributed by atoms with E-state index < -0.39 is 0 Å². The molecular weight excluding hydrogens is 152 g/mol. The predicted molar refractivity (Wildman–Crippen MR) is 48.9 cm³/mol. The summed E-state index contributed by atoms with van der Waals surface area (Å²) in [6.45, 7) is 7.87. The van der Waals surface area contributed by atoms with Crippen LogP contribution in [0.25, 0.3) is 0 Å². The number of rotatable bonds is 0. The van der Waals surface area contributed by atoms with Gasteiger partial charge in [-0.05, 0) is 5.41 Å². The summed E-state index contributed by atoms with van der Waals surface area (Å²) >= 11 is 0. The van der Waals surface area contributed by atoms with E-state index in [-0.39, 0.29) is 11.3 Å². The normalized spacial score (nSPS) is 26.2. The van der Waals surface area contributed by atoms with Crippen LogP contribution in [0.15, 0.2) is 0 Å². The Balaban J connectivity index is 2.57. The van der Waals surface area contributed by atoms with Crippen LogP contribution in [0.1, 0.15) is 20.8 Å². The van der Waals surface area contributed by atoms with Crippen molar-refractivity contribution in [3.05, 3.63) is 0 Å². The molecule has 0 saturated carbocycles. The van der Waals surface area contributed by atoms with Crippen LogP contribution in [-0.4, -0.2) is 37.0 Å². The van der Waals surface area contributed by atoms with E-state index in [1.165, 1.54) is 0 Å². The Hall–Kier alpha value is -0.570. The number of likely N-dealkylation sites (N-methyl/N-ethyl adjacent to an activating group) is 1. The van der Waals surface area contributed by atoms with Crippen molar-refractivity contribution in [3.8, 4) is 0 Å². The molecule has 0 aromatic carbocycles. The van der Waals surface area contributed by atoms with Gasteiger partial charge in [0.2, 0.25) is 5.91 Å². The Bertz CT molecular complexity index is 183. The summed E-state index contributed by atoms with van der Waals surface area (Å²) in [5.41, 5.74) is 0.231. The number of carbonyl (C=O) groups excluding carboxylic acids is 1. The highest BCUT2D eigenvalue weighted by Crippen LogP contribution is 2.21. The maximum Gasteiger partial charge on any atom is 0.236 e. The molecule has 0 spiro atoms. The van der Waals surface area contributed by atoms with Crippen molar-refractivity contribution in [1.29, 1.82) is 0 Å². The third kappa shape index (κ3) is 1.97. The quantitative estimate of drug-likeness (QED) is 0.573. The average Bonchev–Trinajstić information content (AvgIpc) is 1.92. The van der Waals surface area contributed by atoms with E-state index in [1.54, 1.807) is 4.90 Å². The third-order valence-corrected chi connectivity index (χ3v) is 2.43. The van der Waals surface area contributed by atoms with Gasteiger partial charge in [-0.15, -0.1) is 0 Å². The molecule has 3 nitrogen and oxygen atoms in total. The molecular formula is C9H18N2O. The van der Waals surface area contributed by atoms with Crippen molar-refractivity contribution in [1.82, 2.24) is 10.2 Å². The first-order valence-corrected chi connectivity index (χ1v) is 4.38. The SMILES string of the molecule is CN1CC(C(C)(C)C)NCC1=O. The van der Waals surface area contributed by atoms with Gasteiger partial charge in [0.1, 0.15) is 0 Å². The Labute approximate surface area is 74.1 Å². The molecule has 70 valence electrons.